The van der Waals surface area contributed by atoms with Gasteiger partial charge in [-0.2, -0.15) is 0 Å². The minimum absolute atomic E-state index is 0.584. The molecule has 1 aromatic heterocycles. The number of aromatic nitrogens is 1. The monoisotopic (exact) mass is 326 g/mol. The van der Waals surface area contributed by atoms with E-state index in [1.165, 1.54) is 0 Å². The summed E-state index contributed by atoms with van der Waals surface area (Å²) in [6.45, 7) is 3.34. The Bertz CT molecular complexity index is 527. The van der Waals surface area contributed by atoms with Crippen LogP contribution in [0.3, 0.4) is 0 Å². The Morgan fingerprint density at radius 3 is 2.94 bits per heavy atom. The van der Waals surface area contributed by atoms with Crippen LogP contribution in [0.5, 0.6) is 0 Å². The highest BCUT2D eigenvalue weighted by Gasteiger charge is 2.07. The molecule has 0 atom stereocenters. The standard InChI is InChI=1S/C13H15BrN2OS/c1-9-8-18-13(16-9)6-15-12-5-3-4-11(14)10(12)7-17-2/h3-5,8,15H,6-7H2,1-2H3. The zero-order valence-electron chi connectivity index (χ0n) is 10.4. The topological polar surface area (TPSA) is 34.1 Å². The van der Waals surface area contributed by atoms with Gasteiger partial charge in [0, 0.05) is 33.9 Å². The first-order chi connectivity index (χ1) is 8.70. The lowest BCUT2D eigenvalue weighted by atomic mass is 10.2. The number of thiazole rings is 1. The van der Waals surface area contributed by atoms with E-state index < -0.39 is 0 Å². The SMILES string of the molecule is COCc1c(Br)cccc1NCc1nc(C)cs1. The Labute approximate surface area is 119 Å². The first kappa shape index (κ1) is 13.5. The molecule has 0 saturated heterocycles. The zero-order valence-corrected chi connectivity index (χ0v) is 12.8. The maximum Gasteiger partial charge on any atom is 0.112 e. The summed E-state index contributed by atoms with van der Waals surface area (Å²) in [7, 11) is 1.70. The van der Waals surface area contributed by atoms with E-state index in [0.717, 1.165) is 33.0 Å². The van der Waals surface area contributed by atoms with Crippen LogP contribution in [0.25, 0.3) is 0 Å². The molecule has 0 unspecified atom stereocenters. The lowest BCUT2D eigenvalue weighted by Crippen LogP contribution is -2.03. The number of nitrogens with one attached hydrogen (secondary N) is 1. The van der Waals surface area contributed by atoms with Crippen molar-refractivity contribution in [2.45, 2.75) is 20.1 Å². The molecule has 0 aliphatic carbocycles. The van der Waals surface area contributed by atoms with Gasteiger partial charge in [0.15, 0.2) is 0 Å². The summed E-state index contributed by atoms with van der Waals surface area (Å²) >= 11 is 5.22. The second-order valence-corrected chi connectivity index (χ2v) is 5.73. The van der Waals surface area contributed by atoms with Gasteiger partial charge in [0.2, 0.25) is 0 Å². The van der Waals surface area contributed by atoms with Crippen LogP contribution in [-0.4, -0.2) is 12.1 Å². The van der Waals surface area contributed by atoms with Gasteiger partial charge in [0.05, 0.1) is 13.2 Å². The molecule has 0 aliphatic heterocycles. The fourth-order valence-electron chi connectivity index (χ4n) is 1.67. The Morgan fingerprint density at radius 1 is 1.44 bits per heavy atom. The van der Waals surface area contributed by atoms with Gasteiger partial charge in [-0.05, 0) is 19.1 Å². The molecule has 1 N–H and O–H groups in total. The number of rotatable bonds is 5. The van der Waals surface area contributed by atoms with Crippen molar-refractivity contribution in [1.82, 2.24) is 4.98 Å². The molecule has 0 radical (unpaired) electrons. The second-order valence-electron chi connectivity index (χ2n) is 3.94. The highest BCUT2D eigenvalue weighted by molar-refractivity contribution is 9.10. The molecule has 2 aromatic rings. The van der Waals surface area contributed by atoms with Crippen LogP contribution in [0, 0.1) is 6.92 Å². The number of halogens is 1. The zero-order chi connectivity index (χ0) is 13.0. The molecule has 2 rings (SSSR count). The van der Waals surface area contributed by atoms with Gasteiger partial charge in [-0.3, -0.25) is 0 Å². The summed E-state index contributed by atoms with van der Waals surface area (Å²) in [5.74, 6) is 0. The van der Waals surface area contributed by atoms with Crippen molar-refractivity contribution < 1.29 is 4.74 Å². The Morgan fingerprint density at radius 2 is 2.28 bits per heavy atom. The highest BCUT2D eigenvalue weighted by atomic mass is 79.9. The summed E-state index contributed by atoms with van der Waals surface area (Å²) in [6, 6.07) is 6.09. The third-order valence-corrected chi connectivity index (χ3v) is 4.21. The molecule has 0 spiro atoms. The van der Waals surface area contributed by atoms with Crippen LogP contribution in [0.2, 0.25) is 0 Å². The summed E-state index contributed by atoms with van der Waals surface area (Å²) in [5.41, 5.74) is 3.29. The first-order valence-electron chi connectivity index (χ1n) is 5.62. The van der Waals surface area contributed by atoms with E-state index in [9.17, 15) is 0 Å². The highest BCUT2D eigenvalue weighted by Crippen LogP contribution is 2.26. The minimum atomic E-state index is 0.584. The smallest absolute Gasteiger partial charge is 0.112 e. The van der Waals surface area contributed by atoms with Crippen molar-refractivity contribution in [2.75, 3.05) is 12.4 Å². The number of ether oxygens (including phenoxy) is 1. The number of nitrogens with zero attached hydrogens (tertiary/aromatic N) is 1. The normalized spacial score (nSPS) is 10.6. The molecule has 3 nitrogen and oxygen atoms in total. The summed E-state index contributed by atoms with van der Waals surface area (Å²) < 4.78 is 6.28. The van der Waals surface area contributed by atoms with Crippen molar-refractivity contribution >= 4 is 33.0 Å². The average molecular weight is 327 g/mol. The number of hydrogen-bond donors (Lipinski definition) is 1. The lowest BCUT2D eigenvalue weighted by molar-refractivity contribution is 0.185. The van der Waals surface area contributed by atoms with Crippen LogP contribution in [0.4, 0.5) is 5.69 Å². The molecule has 1 aromatic carbocycles. The van der Waals surface area contributed by atoms with Crippen molar-refractivity contribution in [3.63, 3.8) is 0 Å². The minimum Gasteiger partial charge on any atom is -0.380 e. The van der Waals surface area contributed by atoms with Gasteiger partial charge < -0.3 is 10.1 Å². The third-order valence-electron chi connectivity index (χ3n) is 2.50. The molecule has 0 bridgehead atoms. The summed E-state index contributed by atoms with van der Waals surface area (Å²) in [5, 5.41) is 6.56. The predicted octanol–water partition coefficient (Wildman–Crippen LogP) is 3.97. The van der Waals surface area contributed by atoms with E-state index in [1.807, 2.05) is 19.1 Å². The average Bonchev–Trinajstić information content (AvgIpc) is 2.76. The fourth-order valence-corrected chi connectivity index (χ4v) is 2.86. The lowest BCUT2D eigenvalue weighted by Gasteiger charge is -2.12. The summed E-state index contributed by atoms with van der Waals surface area (Å²) in [4.78, 5) is 4.44. The molecule has 0 aliphatic rings. The van der Waals surface area contributed by atoms with Gasteiger partial charge in [-0.15, -0.1) is 11.3 Å². The van der Waals surface area contributed by atoms with Gasteiger partial charge >= 0.3 is 0 Å². The fraction of sp³-hybridized carbons (Fsp3) is 0.308. The third kappa shape index (κ3) is 3.31. The van der Waals surface area contributed by atoms with E-state index in [-0.39, 0.29) is 0 Å². The maximum absolute atomic E-state index is 5.22. The van der Waals surface area contributed by atoms with E-state index in [1.54, 1.807) is 18.4 Å². The molecule has 0 fully saturated rings. The van der Waals surface area contributed by atoms with Gasteiger partial charge in [0.1, 0.15) is 5.01 Å². The second kappa shape index (κ2) is 6.31. The number of anilines is 1. The van der Waals surface area contributed by atoms with Crippen molar-refractivity contribution in [3.05, 3.63) is 44.3 Å². The molecular weight excluding hydrogens is 312 g/mol. The van der Waals surface area contributed by atoms with Crippen LogP contribution in [-0.2, 0) is 17.9 Å². The molecule has 5 heteroatoms. The molecular formula is C13H15BrN2OS. The Balaban J connectivity index is 2.11. The van der Waals surface area contributed by atoms with E-state index in [2.05, 4.69) is 37.7 Å². The van der Waals surface area contributed by atoms with Gasteiger partial charge in [0.25, 0.3) is 0 Å². The summed E-state index contributed by atoms with van der Waals surface area (Å²) in [6.07, 6.45) is 0. The van der Waals surface area contributed by atoms with Crippen LogP contribution < -0.4 is 5.32 Å². The quantitative estimate of drug-likeness (QED) is 0.902. The Hall–Kier alpha value is -0.910. The maximum atomic E-state index is 5.22. The largest absolute Gasteiger partial charge is 0.380 e. The number of benzene rings is 1. The number of methoxy groups -OCH3 is 1. The first-order valence-corrected chi connectivity index (χ1v) is 7.29. The Kier molecular flexibility index (Phi) is 4.74. The van der Waals surface area contributed by atoms with Crippen molar-refractivity contribution in [1.29, 1.82) is 0 Å². The molecule has 1 heterocycles. The van der Waals surface area contributed by atoms with Crippen molar-refractivity contribution in [3.8, 4) is 0 Å². The predicted molar refractivity (Wildman–Crippen MR) is 79.0 cm³/mol. The molecule has 96 valence electrons. The van der Waals surface area contributed by atoms with Crippen LogP contribution in [0.15, 0.2) is 28.1 Å². The van der Waals surface area contributed by atoms with E-state index >= 15 is 0 Å². The van der Waals surface area contributed by atoms with Crippen molar-refractivity contribution in [2.24, 2.45) is 0 Å². The van der Waals surface area contributed by atoms with Crippen LogP contribution >= 0.6 is 27.3 Å². The number of hydrogen-bond acceptors (Lipinski definition) is 4. The molecule has 0 amide bonds. The van der Waals surface area contributed by atoms with E-state index in [0.29, 0.717) is 6.61 Å². The van der Waals surface area contributed by atoms with Crippen LogP contribution in [0.1, 0.15) is 16.3 Å². The molecule has 18 heavy (non-hydrogen) atoms. The number of aryl methyl sites for hydroxylation is 1. The van der Waals surface area contributed by atoms with Gasteiger partial charge in [-0.1, -0.05) is 22.0 Å². The van der Waals surface area contributed by atoms with E-state index in [4.69, 9.17) is 4.74 Å². The molecule has 0 saturated carbocycles. The van der Waals surface area contributed by atoms with Gasteiger partial charge in [-0.25, -0.2) is 4.98 Å².